The molecular formula is C15H25NO4. The first kappa shape index (κ1) is 15.3. The molecule has 1 aliphatic heterocycles. The molecular weight excluding hydrogens is 258 g/mol. The van der Waals surface area contributed by atoms with E-state index in [1.54, 1.807) is 0 Å². The Kier molecular flexibility index (Phi) is 5.40. The maximum atomic E-state index is 12.2. The third-order valence-electron chi connectivity index (χ3n) is 4.49. The number of carbonyl (C=O) groups is 2. The highest BCUT2D eigenvalue weighted by Crippen LogP contribution is 2.33. The Morgan fingerprint density at radius 1 is 1.15 bits per heavy atom. The molecule has 1 aliphatic carbocycles. The second-order valence-electron chi connectivity index (χ2n) is 6.04. The molecule has 20 heavy (non-hydrogen) atoms. The van der Waals surface area contributed by atoms with Crippen molar-refractivity contribution < 1.29 is 19.4 Å². The maximum absolute atomic E-state index is 12.2. The molecule has 0 spiro atoms. The molecule has 1 saturated heterocycles. The van der Waals surface area contributed by atoms with E-state index in [1.165, 1.54) is 0 Å². The number of carbonyl (C=O) groups excluding carboxylic acids is 1. The van der Waals surface area contributed by atoms with Gasteiger partial charge in [0.15, 0.2) is 0 Å². The minimum Gasteiger partial charge on any atom is -0.481 e. The molecule has 5 nitrogen and oxygen atoms in total. The third kappa shape index (κ3) is 4.20. The van der Waals surface area contributed by atoms with Crippen LogP contribution in [0.5, 0.6) is 0 Å². The average molecular weight is 283 g/mol. The van der Waals surface area contributed by atoms with Gasteiger partial charge >= 0.3 is 5.97 Å². The van der Waals surface area contributed by atoms with Gasteiger partial charge in [0, 0.05) is 32.5 Å². The van der Waals surface area contributed by atoms with Crippen molar-refractivity contribution >= 4 is 11.9 Å². The first-order valence-electron chi connectivity index (χ1n) is 7.69. The Morgan fingerprint density at radius 2 is 1.80 bits per heavy atom. The molecule has 0 unspecified atom stereocenters. The van der Waals surface area contributed by atoms with Crippen LogP contribution in [0.15, 0.2) is 0 Å². The largest absolute Gasteiger partial charge is 0.481 e. The summed E-state index contributed by atoms with van der Waals surface area (Å²) in [6.07, 6.45) is 4.89. The second-order valence-corrected chi connectivity index (χ2v) is 6.04. The average Bonchev–Trinajstić information content (AvgIpc) is 2.36. The SMILES string of the molecule is CCOC1CC(CC(=O)N2CCC(CC(=O)O)CC2)C1. The number of hydrogen-bond donors (Lipinski definition) is 1. The van der Waals surface area contributed by atoms with Crippen LogP contribution in [0.1, 0.15) is 45.4 Å². The van der Waals surface area contributed by atoms with Crippen LogP contribution in [-0.2, 0) is 14.3 Å². The zero-order valence-corrected chi connectivity index (χ0v) is 12.2. The number of hydrogen-bond acceptors (Lipinski definition) is 3. The number of rotatable bonds is 6. The molecule has 1 N–H and O–H groups in total. The summed E-state index contributed by atoms with van der Waals surface area (Å²) >= 11 is 0. The van der Waals surface area contributed by atoms with Crippen molar-refractivity contribution in [1.82, 2.24) is 4.90 Å². The first-order valence-corrected chi connectivity index (χ1v) is 7.69. The minimum atomic E-state index is -0.730. The van der Waals surface area contributed by atoms with E-state index in [0.29, 0.717) is 18.4 Å². The summed E-state index contributed by atoms with van der Waals surface area (Å²) in [5, 5.41) is 8.78. The molecule has 1 heterocycles. The van der Waals surface area contributed by atoms with Gasteiger partial charge in [-0.3, -0.25) is 9.59 Å². The third-order valence-corrected chi connectivity index (χ3v) is 4.49. The molecule has 2 rings (SSSR count). The second kappa shape index (κ2) is 7.07. The normalized spacial score (nSPS) is 27.1. The van der Waals surface area contributed by atoms with Crippen LogP contribution in [-0.4, -0.2) is 47.7 Å². The van der Waals surface area contributed by atoms with Gasteiger partial charge in [-0.1, -0.05) is 0 Å². The van der Waals surface area contributed by atoms with Crippen molar-refractivity contribution in [3.8, 4) is 0 Å². The zero-order valence-electron chi connectivity index (χ0n) is 12.2. The van der Waals surface area contributed by atoms with Gasteiger partial charge in [0.05, 0.1) is 6.10 Å². The summed E-state index contributed by atoms with van der Waals surface area (Å²) in [6, 6.07) is 0. The summed E-state index contributed by atoms with van der Waals surface area (Å²) in [5.74, 6) is 0.225. The van der Waals surface area contributed by atoms with E-state index < -0.39 is 5.97 Å². The predicted octanol–water partition coefficient (Wildman–Crippen LogP) is 1.90. The molecule has 114 valence electrons. The van der Waals surface area contributed by atoms with Crippen LogP contribution in [0.4, 0.5) is 0 Å². The van der Waals surface area contributed by atoms with E-state index in [-0.39, 0.29) is 18.2 Å². The predicted molar refractivity (Wildman–Crippen MR) is 74.3 cm³/mol. The fourth-order valence-electron chi connectivity index (χ4n) is 3.22. The lowest BCUT2D eigenvalue weighted by Gasteiger charge is -2.37. The van der Waals surface area contributed by atoms with Gasteiger partial charge in [-0.2, -0.15) is 0 Å². The van der Waals surface area contributed by atoms with Gasteiger partial charge in [-0.15, -0.1) is 0 Å². The lowest BCUT2D eigenvalue weighted by atomic mass is 9.79. The summed E-state index contributed by atoms with van der Waals surface area (Å²) in [7, 11) is 0. The number of nitrogens with zero attached hydrogens (tertiary/aromatic N) is 1. The van der Waals surface area contributed by atoms with Crippen LogP contribution >= 0.6 is 0 Å². The Hall–Kier alpha value is -1.10. The monoisotopic (exact) mass is 283 g/mol. The standard InChI is InChI=1S/C15H25NO4/c1-2-20-13-7-12(8-13)9-14(17)16-5-3-11(4-6-16)10-15(18)19/h11-13H,2-10H2,1H3,(H,18,19). The fourth-order valence-corrected chi connectivity index (χ4v) is 3.22. The smallest absolute Gasteiger partial charge is 0.303 e. The number of carboxylic acid groups (broad SMARTS) is 1. The quantitative estimate of drug-likeness (QED) is 0.808. The van der Waals surface area contributed by atoms with Gasteiger partial charge in [0.2, 0.25) is 5.91 Å². The number of likely N-dealkylation sites (tertiary alicyclic amines) is 1. The van der Waals surface area contributed by atoms with Gasteiger partial charge < -0.3 is 14.7 Å². The van der Waals surface area contributed by atoms with Crippen molar-refractivity contribution in [2.24, 2.45) is 11.8 Å². The van der Waals surface area contributed by atoms with Crippen molar-refractivity contribution in [3.05, 3.63) is 0 Å². The van der Waals surface area contributed by atoms with Crippen molar-refractivity contribution in [3.63, 3.8) is 0 Å². The Balaban J connectivity index is 1.64. The topological polar surface area (TPSA) is 66.8 Å². The van der Waals surface area contributed by atoms with Crippen LogP contribution in [0.25, 0.3) is 0 Å². The number of ether oxygens (including phenoxy) is 1. The Labute approximate surface area is 120 Å². The van der Waals surface area contributed by atoms with Crippen molar-refractivity contribution in [2.45, 2.75) is 51.6 Å². The van der Waals surface area contributed by atoms with Crippen LogP contribution in [0.3, 0.4) is 0 Å². The zero-order chi connectivity index (χ0) is 14.5. The summed E-state index contributed by atoms with van der Waals surface area (Å²) in [5.41, 5.74) is 0. The van der Waals surface area contributed by atoms with Gasteiger partial charge in [-0.25, -0.2) is 0 Å². The Morgan fingerprint density at radius 3 is 2.35 bits per heavy atom. The molecule has 2 aliphatic rings. The van der Waals surface area contributed by atoms with E-state index in [9.17, 15) is 9.59 Å². The number of amides is 1. The lowest BCUT2D eigenvalue weighted by Crippen LogP contribution is -2.41. The molecule has 0 aromatic heterocycles. The van der Waals surface area contributed by atoms with E-state index >= 15 is 0 Å². The van der Waals surface area contributed by atoms with E-state index in [1.807, 2.05) is 11.8 Å². The first-order chi connectivity index (χ1) is 9.58. The summed E-state index contributed by atoms with van der Waals surface area (Å²) in [6.45, 7) is 4.19. The highest BCUT2D eigenvalue weighted by molar-refractivity contribution is 5.76. The number of carboxylic acids is 1. The molecule has 0 aromatic carbocycles. The van der Waals surface area contributed by atoms with Crippen molar-refractivity contribution in [1.29, 1.82) is 0 Å². The maximum Gasteiger partial charge on any atom is 0.303 e. The van der Waals surface area contributed by atoms with E-state index in [2.05, 4.69) is 0 Å². The van der Waals surface area contributed by atoms with E-state index in [0.717, 1.165) is 45.4 Å². The van der Waals surface area contributed by atoms with E-state index in [4.69, 9.17) is 9.84 Å². The minimum absolute atomic E-state index is 0.235. The lowest BCUT2D eigenvalue weighted by molar-refractivity contribution is -0.139. The Bertz CT molecular complexity index is 344. The molecule has 0 aromatic rings. The number of aliphatic carboxylic acids is 1. The van der Waals surface area contributed by atoms with Crippen LogP contribution in [0.2, 0.25) is 0 Å². The molecule has 0 atom stereocenters. The molecule has 1 saturated carbocycles. The highest BCUT2D eigenvalue weighted by atomic mass is 16.5. The molecule has 5 heteroatoms. The summed E-state index contributed by atoms with van der Waals surface area (Å²) in [4.78, 5) is 24.7. The fraction of sp³-hybridized carbons (Fsp3) is 0.867. The molecule has 0 bridgehead atoms. The molecule has 2 fully saturated rings. The van der Waals surface area contributed by atoms with Gasteiger partial charge in [0.25, 0.3) is 0 Å². The summed E-state index contributed by atoms with van der Waals surface area (Å²) < 4.78 is 5.51. The van der Waals surface area contributed by atoms with Crippen LogP contribution < -0.4 is 0 Å². The molecule has 0 radical (unpaired) electrons. The highest BCUT2D eigenvalue weighted by Gasteiger charge is 2.33. The van der Waals surface area contributed by atoms with Gasteiger partial charge in [-0.05, 0) is 44.4 Å². The molecule has 1 amide bonds. The van der Waals surface area contributed by atoms with Crippen molar-refractivity contribution in [2.75, 3.05) is 19.7 Å². The number of piperidine rings is 1. The van der Waals surface area contributed by atoms with Crippen LogP contribution in [0, 0.1) is 11.8 Å². The van der Waals surface area contributed by atoms with Gasteiger partial charge in [0.1, 0.15) is 0 Å².